The van der Waals surface area contributed by atoms with Crippen molar-refractivity contribution in [1.82, 2.24) is 0 Å². The molecule has 104 valence electrons. The van der Waals surface area contributed by atoms with Gasteiger partial charge in [-0.05, 0) is 0 Å². The summed E-state index contributed by atoms with van der Waals surface area (Å²) in [5.41, 5.74) is 0. The molecule has 0 aliphatic heterocycles. The fourth-order valence-corrected chi connectivity index (χ4v) is 1.41. The van der Waals surface area contributed by atoms with Crippen molar-refractivity contribution >= 4 is 20.7 Å². The molecule has 0 radical (unpaired) electrons. The third-order valence-electron chi connectivity index (χ3n) is 0.992. The Morgan fingerprint density at radius 1 is 1.06 bits per heavy atom. The lowest BCUT2D eigenvalue weighted by Crippen LogP contribution is -2.04. The lowest BCUT2D eigenvalue weighted by atomic mass is 10.8. The largest absolute Gasteiger partial charge is 0.480 e. The molecule has 17 heavy (non-hydrogen) atoms. The average Bonchev–Trinajstić information content (AvgIpc) is 2.10. The van der Waals surface area contributed by atoms with Gasteiger partial charge in [-0.25, -0.2) is 4.79 Å². The fraction of sp³-hybridized carbons (Fsp3) is 0.875. The predicted octanol–water partition coefficient (Wildman–Crippen LogP) is 1.16. The lowest BCUT2D eigenvalue weighted by molar-refractivity contribution is -0.139. The fourth-order valence-electron chi connectivity index (χ4n) is 0.471. The minimum atomic E-state index is -2.60. The van der Waals surface area contributed by atoms with Gasteiger partial charge in [0.2, 0.25) is 0 Å². The first-order valence-corrected chi connectivity index (χ1v) is 9.73. The Bertz CT molecular complexity index is 303. The monoisotopic (exact) mass is 290 g/mol. The van der Waals surface area contributed by atoms with Crippen molar-refractivity contribution in [2.45, 2.75) is 0 Å². The van der Waals surface area contributed by atoms with Gasteiger partial charge in [0, 0.05) is 26.7 Å². The van der Waals surface area contributed by atoms with Gasteiger partial charge >= 0.3 is 5.97 Å². The predicted molar refractivity (Wildman–Crippen MR) is 65.5 cm³/mol. The molecule has 0 bridgehead atoms. The van der Waals surface area contributed by atoms with Crippen LogP contribution >= 0.6 is 14.7 Å². The molecule has 2 N–H and O–H groups in total. The van der Waals surface area contributed by atoms with Gasteiger partial charge in [0.1, 0.15) is 0 Å². The molecule has 7 nitrogen and oxygen atoms in total. The molecule has 0 aromatic heterocycles. The van der Waals surface area contributed by atoms with Crippen LogP contribution in [0.4, 0.5) is 0 Å². The van der Waals surface area contributed by atoms with Crippen LogP contribution in [-0.2, 0) is 23.0 Å². The molecule has 0 rings (SSSR count). The summed E-state index contributed by atoms with van der Waals surface area (Å²) in [6.07, 6.45) is 0. The number of aliphatic hydroxyl groups excluding tert-OH is 1. The molecular formula is C8H20O7P2. The zero-order chi connectivity index (χ0) is 14.1. The summed E-state index contributed by atoms with van der Waals surface area (Å²) in [7, 11) is -4.94. The Balaban J connectivity index is 0. The number of carboxylic acids is 1. The van der Waals surface area contributed by atoms with Gasteiger partial charge < -0.3 is 19.3 Å². The zero-order valence-electron chi connectivity index (χ0n) is 10.5. The van der Waals surface area contributed by atoms with E-state index in [0.717, 1.165) is 0 Å². The van der Waals surface area contributed by atoms with Gasteiger partial charge in [-0.2, -0.15) is 0 Å². The first-order valence-electron chi connectivity index (χ1n) is 4.69. The normalized spacial score (nSPS) is 11.6. The summed E-state index contributed by atoms with van der Waals surface area (Å²) in [5, 5.41) is 16.2. The van der Waals surface area contributed by atoms with Gasteiger partial charge in [0.15, 0.2) is 21.3 Å². The minimum Gasteiger partial charge on any atom is -0.480 e. The Morgan fingerprint density at radius 3 is 1.59 bits per heavy atom. The topological polar surface area (TPSA) is 110 Å². The van der Waals surface area contributed by atoms with Crippen molar-refractivity contribution in [2.75, 3.05) is 46.5 Å². The smallest absolute Gasteiger partial charge is 0.330 e. The number of carboxylic acid groups (broad SMARTS) is 1. The molecule has 0 aliphatic rings. The van der Waals surface area contributed by atoms with Crippen LogP contribution in [0.5, 0.6) is 0 Å². The van der Waals surface area contributed by atoms with Crippen LogP contribution < -0.4 is 0 Å². The second-order valence-electron chi connectivity index (χ2n) is 3.73. The van der Waals surface area contributed by atoms with E-state index in [0.29, 0.717) is 0 Å². The summed E-state index contributed by atoms with van der Waals surface area (Å²) in [6, 6.07) is 0. The highest BCUT2D eigenvalue weighted by molar-refractivity contribution is 7.57. The van der Waals surface area contributed by atoms with E-state index in [4.69, 9.17) is 10.2 Å². The highest BCUT2D eigenvalue weighted by atomic mass is 31.2. The molecule has 0 fully saturated rings. The van der Waals surface area contributed by atoms with Gasteiger partial charge in [-0.15, -0.1) is 0 Å². The second kappa shape index (κ2) is 8.84. The standard InChI is InChI=1S/C4H9O4P.C4H11O3P/c1-9(2,7)8-3-4(5)6;1-8(2,6)7-4-3-5/h3H2,1-2H3,(H,5,6);5H,3-4H2,1-2H3. The molecule has 0 aromatic rings. The third kappa shape index (κ3) is 25.8. The summed E-state index contributed by atoms with van der Waals surface area (Å²) < 4.78 is 30.4. The molecule has 0 heterocycles. The highest BCUT2D eigenvalue weighted by Gasteiger charge is 2.08. The van der Waals surface area contributed by atoms with E-state index in [1.807, 2.05) is 0 Å². The maximum atomic E-state index is 10.6. The summed E-state index contributed by atoms with van der Waals surface area (Å²) in [5.74, 6) is -1.10. The second-order valence-corrected chi connectivity index (χ2v) is 9.25. The van der Waals surface area contributed by atoms with Crippen molar-refractivity contribution in [2.24, 2.45) is 0 Å². The average molecular weight is 290 g/mol. The van der Waals surface area contributed by atoms with E-state index in [1.165, 1.54) is 26.7 Å². The van der Waals surface area contributed by atoms with Crippen LogP contribution in [0, 0.1) is 0 Å². The van der Waals surface area contributed by atoms with Gasteiger partial charge in [0.25, 0.3) is 0 Å². The molecule has 0 aliphatic carbocycles. The Hall–Kier alpha value is -0.190. The maximum absolute atomic E-state index is 10.6. The third-order valence-corrected chi connectivity index (χ3v) is 2.55. The number of rotatable bonds is 6. The van der Waals surface area contributed by atoms with Gasteiger partial charge in [0.05, 0.1) is 13.2 Å². The zero-order valence-corrected chi connectivity index (χ0v) is 12.2. The van der Waals surface area contributed by atoms with Crippen molar-refractivity contribution < 1.29 is 33.2 Å². The van der Waals surface area contributed by atoms with Crippen molar-refractivity contribution in [3.63, 3.8) is 0 Å². The minimum absolute atomic E-state index is 0.0638. The molecule has 9 heteroatoms. The number of aliphatic carboxylic acids is 1. The quantitative estimate of drug-likeness (QED) is 0.706. The number of carbonyl (C=O) groups is 1. The van der Waals surface area contributed by atoms with Crippen molar-refractivity contribution in [3.05, 3.63) is 0 Å². The summed E-state index contributed by atoms with van der Waals surface area (Å²) in [4.78, 5) is 9.80. The van der Waals surface area contributed by atoms with E-state index in [-0.39, 0.29) is 13.2 Å². The molecule has 0 spiro atoms. The number of hydrogen-bond donors (Lipinski definition) is 2. The molecule has 0 aromatic carbocycles. The van der Waals surface area contributed by atoms with E-state index in [9.17, 15) is 13.9 Å². The van der Waals surface area contributed by atoms with Crippen LogP contribution in [0.15, 0.2) is 0 Å². The van der Waals surface area contributed by atoms with Crippen LogP contribution in [0.3, 0.4) is 0 Å². The summed E-state index contributed by atoms with van der Waals surface area (Å²) in [6.45, 7) is 5.40. The van der Waals surface area contributed by atoms with Crippen LogP contribution in [0.1, 0.15) is 0 Å². The van der Waals surface area contributed by atoms with Crippen LogP contribution in [-0.4, -0.2) is 62.7 Å². The lowest BCUT2D eigenvalue weighted by Gasteiger charge is -2.04. The number of aliphatic hydroxyl groups is 1. The van der Waals surface area contributed by atoms with Crippen molar-refractivity contribution in [1.29, 1.82) is 0 Å². The summed E-state index contributed by atoms with van der Waals surface area (Å²) >= 11 is 0. The first kappa shape index (κ1) is 19.2. The van der Waals surface area contributed by atoms with Gasteiger partial charge in [-0.1, -0.05) is 0 Å². The van der Waals surface area contributed by atoms with Crippen LogP contribution in [0.2, 0.25) is 0 Å². The van der Waals surface area contributed by atoms with E-state index in [2.05, 4.69) is 9.05 Å². The first-order chi connectivity index (χ1) is 7.48. The highest BCUT2D eigenvalue weighted by Crippen LogP contribution is 2.37. The SMILES string of the molecule is CP(C)(=O)OCC(=O)O.CP(C)(=O)OCCO. The molecular weight excluding hydrogens is 270 g/mol. The number of hydrogen-bond acceptors (Lipinski definition) is 6. The van der Waals surface area contributed by atoms with Gasteiger partial charge in [-0.3, -0.25) is 9.13 Å². The van der Waals surface area contributed by atoms with Crippen molar-refractivity contribution in [3.8, 4) is 0 Å². The van der Waals surface area contributed by atoms with Crippen LogP contribution in [0.25, 0.3) is 0 Å². The molecule has 0 atom stereocenters. The molecule has 0 saturated heterocycles. The molecule has 0 saturated carbocycles. The Labute approximate surface area is 101 Å². The van der Waals surface area contributed by atoms with E-state index >= 15 is 0 Å². The molecule has 0 amide bonds. The van der Waals surface area contributed by atoms with E-state index in [1.54, 1.807) is 0 Å². The Morgan fingerprint density at radius 2 is 1.47 bits per heavy atom. The maximum Gasteiger partial charge on any atom is 0.330 e. The molecule has 0 unspecified atom stereocenters. The van der Waals surface area contributed by atoms with E-state index < -0.39 is 27.3 Å². The Kier molecular flexibility index (Phi) is 9.96.